The molecule has 0 fully saturated rings. The molecule has 0 atom stereocenters. The summed E-state index contributed by atoms with van der Waals surface area (Å²) in [7, 11) is 3.92. The van der Waals surface area contributed by atoms with Gasteiger partial charge in [0.1, 0.15) is 5.75 Å². The van der Waals surface area contributed by atoms with Crippen LogP contribution in [0.2, 0.25) is 0 Å². The van der Waals surface area contributed by atoms with E-state index in [1.165, 1.54) is 0 Å². The van der Waals surface area contributed by atoms with Gasteiger partial charge >= 0.3 is 0 Å². The Bertz CT molecular complexity index is 405. The Labute approximate surface area is 108 Å². The van der Waals surface area contributed by atoms with Crippen molar-refractivity contribution in [2.45, 2.75) is 6.92 Å². The van der Waals surface area contributed by atoms with E-state index in [0.717, 1.165) is 6.54 Å². The van der Waals surface area contributed by atoms with Gasteiger partial charge < -0.3 is 20.7 Å². The van der Waals surface area contributed by atoms with Crippen molar-refractivity contribution in [2.75, 3.05) is 39.5 Å². The van der Waals surface area contributed by atoms with Crippen molar-refractivity contribution < 1.29 is 9.53 Å². The summed E-state index contributed by atoms with van der Waals surface area (Å²) < 4.78 is 5.36. The number of nitrogen functional groups attached to an aromatic ring is 1. The van der Waals surface area contributed by atoms with E-state index >= 15 is 0 Å². The fourth-order valence-corrected chi connectivity index (χ4v) is 1.45. The number of carbonyl (C=O) groups excluding carboxylic acids is 1. The maximum absolute atomic E-state index is 11.9. The molecule has 0 spiro atoms. The van der Waals surface area contributed by atoms with E-state index < -0.39 is 0 Å². The molecule has 0 saturated heterocycles. The van der Waals surface area contributed by atoms with Gasteiger partial charge in [-0.1, -0.05) is 0 Å². The Kier molecular flexibility index (Phi) is 5.45. The number of ether oxygens (including phenoxy) is 1. The smallest absolute Gasteiger partial charge is 0.251 e. The molecule has 0 aliphatic rings. The van der Waals surface area contributed by atoms with Gasteiger partial charge in [0, 0.05) is 18.7 Å². The molecule has 0 aromatic heterocycles. The average molecular weight is 251 g/mol. The lowest BCUT2D eigenvalue weighted by atomic mass is 10.2. The van der Waals surface area contributed by atoms with E-state index in [1.54, 1.807) is 18.2 Å². The van der Waals surface area contributed by atoms with Crippen molar-refractivity contribution in [3.63, 3.8) is 0 Å². The van der Waals surface area contributed by atoms with E-state index in [0.29, 0.717) is 30.2 Å². The first-order valence-electron chi connectivity index (χ1n) is 5.99. The predicted octanol–water partition coefficient (Wildman–Crippen LogP) is 0.959. The van der Waals surface area contributed by atoms with Gasteiger partial charge in [0.05, 0.1) is 12.3 Å². The molecule has 0 radical (unpaired) electrons. The van der Waals surface area contributed by atoms with Crippen molar-refractivity contribution in [2.24, 2.45) is 0 Å². The monoisotopic (exact) mass is 251 g/mol. The van der Waals surface area contributed by atoms with Crippen LogP contribution in [0.25, 0.3) is 0 Å². The SMILES string of the molecule is CCOc1cc(C(=O)NCCN(C)C)ccc1N. The van der Waals surface area contributed by atoms with E-state index in [9.17, 15) is 4.79 Å². The van der Waals surface area contributed by atoms with E-state index in [1.807, 2.05) is 25.9 Å². The highest BCUT2D eigenvalue weighted by Crippen LogP contribution is 2.22. The van der Waals surface area contributed by atoms with Crippen LogP contribution in [0.4, 0.5) is 5.69 Å². The third-order valence-corrected chi connectivity index (χ3v) is 2.42. The third kappa shape index (κ3) is 4.25. The van der Waals surface area contributed by atoms with Gasteiger partial charge in [-0.25, -0.2) is 0 Å². The number of amides is 1. The number of hydrogen-bond donors (Lipinski definition) is 2. The van der Waals surface area contributed by atoms with Crippen LogP contribution < -0.4 is 15.8 Å². The quantitative estimate of drug-likeness (QED) is 0.739. The zero-order chi connectivity index (χ0) is 13.5. The molecule has 0 aliphatic carbocycles. The molecule has 100 valence electrons. The Morgan fingerprint density at radius 3 is 2.78 bits per heavy atom. The molecule has 0 unspecified atom stereocenters. The zero-order valence-corrected chi connectivity index (χ0v) is 11.2. The largest absolute Gasteiger partial charge is 0.492 e. The lowest BCUT2D eigenvalue weighted by Gasteiger charge is -2.12. The first-order valence-corrected chi connectivity index (χ1v) is 5.99. The number of carbonyl (C=O) groups is 1. The number of nitrogens with zero attached hydrogens (tertiary/aromatic N) is 1. The first-order chi connectivity index (χ1) is 8.54. The standard InChI is InChI=1S/C13H21N3O2/c1-4-18-12-9-10(5-6-11(12)14)13(17)15-7-8-16(2)3/h5-6,9H,4,7-8,14H2,1-3H3,(H,15,17). The fraction of sp³-hybridized carbons (Fsp3) is 0.462. The van der Waals surface area contributed by atoms with Crippen LogP contribution in [0.3, 0.4) is 0 Å². The number of benzene rings is 1. The summed E-state index contributed by atoms with van der Waals surface area (Å²) in [5.41, 5.74) is 6.86. The Hall–Kier alpha value is -1.75. The number of rotatable bonds is 6. The lowest BCUT2D eigenvalue weighted by molar-refractivity contribution is 0.0950. The van der Waals surface area contributed by atoms with Crippen molar-refractivity contribution in [1.82, 2.24) is 10.2 Å². The molecule has 5 heteroatoms. The van der Waals surface area contributed by atoms with Gasteiger partial charge in [0.15, 0.2) is 0 Å². The van der Waals surface area contributed by atoms with Gasteiger partial charge in [0.2, 0.25) is 0 Å². The highest BCUT2D eigenvalue weighted by Gasteiger charge is 2.08. The molecule has 1 aromatic rings. The summed E-state index contributed by atoms with van der Waals surface area (Å²) in [6.07, 6.45) is 0. The normalized spacial score (nSPS) is 10.4. The molecule has 1 aromatic carbocycles. The summed E-state index contributed by atoms with van der Waals surface area (Å²) in [6, 6.07) is 5.05. The van der Waals surface area contributed by atoms with Crippen LogP contribution in [0.5, 0.6) is 5.75 Å². The van der Waals surface area contributed by atoms with Gasteiger partial charge in [-0.15, -0.1) is 0 Å². The Morgan fingerprint density at radius 2 is 2.17 bits per heavy atom. The van der Waals surface area contributed by atoms with Crippen molar-refractivity contribution in [3.05, 3.63) is 23.8 Å². The van der Waals surface area contributed by atoms with E-state index in [4.69, 9.17) is 10.5 Å². The zero-order valence-electron chi connectivity index (χ0n) is 11.2. The number of likely N-dealkylation sites (N-methyl/N-ethyl adjacent to an activating group) is 1. The van der Waals surface area contributed by atoms with Gasteiger partial charge in [-0.05, 0) is 39.2 Å². The number of nitrogens with one attached hydrogen (secondary N) is 1. The maximum Gasteiger partial charge on any atom is 0.251 e. The Balaban J connectivity index is 2.65. The van der Waals surface area contributed by atoms with Crippen LogP contribution in [-0.2, 0) is 0 Å². The van der Waals surface area contributed by atoms with Crippen LogP contribution >= 0.6 is 0 Å². The first kappa shape index (κ1) is 14.3. The molecule has 0 bridgehead atoms. The molecular formula is C13H21N3O2. The lowest BCUT2D eigenvalue weighted by Crippen LogP contribution is -2.31. The average Bonchev–Trinajstić information content (AvgIpc) is 2.31. The summed E-state index contributed by atoms with van der Waals surface area (Å²) in [4.78, 5) is 13.9. The molecule has 0 saturated carbocycles. The number of nitrogens with two attached hydrogens (primary N) is 1. The highest BCUT2D eigenvalue weighted by atomic mass is 16.5. The summed E-state index contributed by atoms with van der Waals surface area (Å²) in [5.74, 6) is 0.440. The second kappa shape index (κ2) is 6.86. The van der Waals surface area contributed by atoms with Gasteiger partial charge in [-0.3, -0.25) is 4.79 Å². The molecule has 1 rings (SSSR count). The minimum Gasteiger partial charge on any atom is -0.492 e. The minimum absolute atomic E-state index is 0.113. The van der Waals surface area contributed by atoms with Crippen molar-refractivity contribution in [3.8, 4) is 5.75 Å². The molecular weight excluding hydrogens is 230 g/mol. The molecule has 0 heterocycles. The van der Waals surface area contributed by atoms with Crippen LogP contribution in [0.15, 0.2) is 18.2 Å². The van der Waals surface area contributed by atoms with E-state index in [-0.39, 0.29) is 5.91 Å². The van der Waals surface area contributed by atoms with Gasteiger partial charge in [0.25, 0.3) is 5.91 Å². The third-order valence-electron chi connectivity index (χ3n) is 2.42. The summed E-state index contributed by atoms with van der Waals surface area (Å²) in [5, 5.41) is 2.84. The van der Waals surface area contributed by atoms with Crippen LogP contribution in [0, 0.1) is 0 Å². The second-order valence-electron chi connectivity index (χ2n) is 4.24. The molecule has 18 heavy (non-hydrogen) atoms. The topological polar surface area (TPSA) is 67.6 Å². The van der Waals surface area contributed by atoms with Crippen molar-refractivity contribution in [1.29, 1.82) is 0 Å². The van der Waals surface area contributed by atoms with E-state index in [2.05, 4.69) is 5.32 Å². The molecule has 5 nitrogen and oxygen atoms in total. The van der Waals surface area contributed by atoms with Crippen molar-refractivity contribution >= 4 is 11.6 Å². The predicted molar refractivity (Wildman–Crippen MR) is 72.9 cm³/mol. The second-order valence-corrected chi connectivity index (χ2v) is 4.24. The summed E-state index contributed by atoms with van der Waals surface area (Å²) >= 11 is 0. The molecule has 0 aliphatic heterocycles. The summed E-state index contributed by atoms with van der Waals surface area (Å²) in [6.45, 7) is 3.82. The molecule has 1 amide bonds. The van der Waals surface area contributed by atoms with Crippen LogP contribution in [-0.4, -0.2) is 44.6 Å². The Morgan fingerprint density at radius 1 is 1.44 bits per heavy atom. The number of hydrogen-bond acceptors (Lipinski definition) is 4. The maximum atomic E-state index is 11.9. The van der Waals surface area contributed by atoms with Crippen LogP contribution in [0.1, 0.15) is 17.3 Å². The van der Waals surface area contributed by atoms with Gasteiger partial charge in [-0.2, -0.15) is 0 Å². The minimum atomic E-state index is -0.113. The fourth-order valence-electron chi connectivity index (χ4n) is 1.45. The number of anilines is 1. The highest BCUT2D eigenvalue weighted by molar-refractivity contribution is 5.95. The molecule has 3 N–H and O–H groups in total.